The van der Waals surface area contributed by atoms with Crippen LogP contribution in [0, 0.1) is 0 Å². The van der Waals surface area contributed by atoms with Gasteiger partial charge in [-0.05, 0) is 12.5 Å². The predicted octanol–water partition coefficient (Wildman–Crippen LogP) is 3.48. The molecular weight excluding hydrogens is 486 g/mol. The molecule has 0 aromatic heterocycles. The largest absolute Gasteiger partial charge is 0.493 e. The first-order valence-electron chi connectivity index (χ1n) is 9.54. The molecule has 0 radical (unpaired) electrons. The summed E-state index contributed by atoms with van der Waals surface area (Å²) in [6, 6.07) is 3.34. The lowest BCUT2D eigenvalue weighted by Gasteiger charge is -2.19. The lowest BCUT2D eigenvalue weighted by molar-refractivity contribution is 0.0949. The summed E-state index contributed by atoms with van der Waals surface area (Å²) in [5.41, 5.74) is 1.07. The molecule has 1 N–H and O–H groups in total. The second kappa shape index (κ2) is 11.6. The van der Waals surface area contributed by atoms with Gasteiger partial charge in [0.1, 0.15) is 0 Å². The maximum Gasteiger partial charge on any atom is 0.255 e. The van der Waals surface area contributed by atoms with Crippen molar-refractivity contribution in [1.29, 1.82) is 0 Å². The number of nitrogens with one attached hydrogen (secondary N) is 1. The van der Waals surface area contributed by atoms with Crippen LogP contribution < -0.4 is 38.5 Å². The van der Waals surface area contributed by atoms with Gasteiger partial charge in [-0.25, -0.2) is 0 Å². The molecule has 0 saturated heterocycles. The summed E-state index contributed by atoms with van der Waals surface area (Å²) in [7, 11) is 10.5. The third-order valence-electron chi connectivity index (χ3n) is 4.77. The van der Waals surface area contributed by atoms with Crippen molar-refractivity contribution in [2.24, 2.45) is 0 Å². The summed E-state index contributed by atoms with van der Waals surface area (Å²) in [6.45, 7) is 0.309. The van der Waals surface area contributed by atoms with E-state index in [-0.39, 0.29) is 23.0 Å². The molecule has 2 aromatic rings. The molecule has 0 atom stereocenters. The summed E-state index contributed by atoms with van der Waals surface area (Å²) >= 11 is 3.54. The van der Waals surface area contributed by atoms with Gasteiger partial charge < -0.3 is 38.5 Å². The Morgan fingerprint density at radius 1 is 0.719 bits per heavy atom. The quantitative estimate of drug-likeness (QED) is 0.488. The van der Waals surface area contributed by atoms with Crippen molar-refractivity contribution in [2.45, 2.75) is 6.42 Å². The normalized spacial score (nSPS) is 10.2. The van der Waals surface area contributed by atoms with E-state index in [1.54, 1.807) is 26.4 Å². The fourth-order valence-corrected chi connectivity index (χ4v) is 3.90. The summed E-state index contributed by atoms with van der Waals surface area (Å²) in [5.74, 6) is 2.37. The standard InChI is InChI=1S/C22H28BrNO8/c1-26-15-10-13(18(29-4)21(32-7)20(15)31-6)22(25)24-9-8-12-14(23)11-16(27-2)19(30-5)17(12)28-3/h10-11H,8-9H2,1-7H3,(H,24,25). The van der Waals surface area contributed by atoms with Gasteiger partial charge in [0, 0.05) is 22.6 Å². The zero-order valence-corrected chi connectivity index (χ0v) is 20.8. The highest BCUT2D eigenvalue weighted by Crippen LogP contribution is 2.47. The van der Waals surface area contributed by atoms with Gasteiger partial charge in [-0.15, -0.1) is 0 Å². The molecule has 0 fully saturated rings. The number of rotatable bonds is 11. The molecule has 0 heterocycles. The smallest absolute Gasteiger partial charge is 0.255 e. The lowest BCUT2D eigenvalue weighted by Crippen LogP contribution is -2.26. The fourth-order valence-electron chi connectivity index (χ4n) is 3.32. The predicted molar refractivity (Wildman–Crippen MR) is 122 cm³/mol. The van der Waals surface area contributed by atoms with Crippen molar-refractivity contribution < 1.29 is 38.0 Å². The number of carbonyl (C=O) groups is 1. The zero-order chi connectivity index (χ0) is 23.8. The SMILES string of the molecule is COc1cc(Br)c(CCNC(=O)c2cc(OC)c(OC)c(OC)c2OC)c(OC)c1OC. The van der Waals surface area contributed by atoms with Gasteiger partial charge in [-0.3, -0.25) is 4.79 Å². The van der Waals surface area contributed by atoms with E-state index in [0.29, 0.717) is 41.7 Å². The van der Waals surface area contributed by atoms with E-state index in [0.717, 1.165) is 10.0 Å². The van der Waals surface area contributed by atoms with Crippen molar-refractivity contribution in [1.82, 2.24) is 5.32 Å². The minimum absolute atomic E-state index is 0.243. The van der Waals surface area contributed by atoms with E-state index >= 15 is 0 Å². The van der Waals surface area contributed by atoms with Gasteiger partial charge in [0.15, 0.2) is 23.0 Å². The molecule has 0 bridgehead atoms. The highest BCUT2D eigenvalue weighted by atomic mass is 79.9. The van der Waals surface area contributed by atoms with E-state index in [2.05, 4.69) is 21.2 Å². The molecule has 0 saturated carbocycles. The van der Waals surface area contributed by atoms with Crippen molar-refractivity contribution in [3.8, 4) is 40.2 Å². The number of amides is 1. The molecule has 176 valence electrons. The van der Waals surface area contributed by atoms with Crippen LogP contribution in [0.2, 0.25) is 0 Å². The van der Waals surface area contributed by atoms with Crippen molar-refractivity contribution in [3.05, 3.63) is 27.7 Å². The lowest BCUT2D eigenvalue weighted by atomic mass is 10.1. The fraction of sp³-hybridized carbons (Fsp3) is 0.409. The van der Waals surface area contributed by atoms with Crippen LogP contribution in [0.15, 0.2) is 16.6 Å². The maximum atomic E-state index is 13.0. The monoisotopic (exact) mass is 513 g/mol. The first-order chi connectivity index (χ1) is 15.4. The number of hydrogen-bond acceptors (Lipinski definition) is 8. The first-order valence-corrected chi connectivity index (χ1v) is 10.3. The molecule has 0 unspecified atom stereocenters. The number of ether oxygens (including phenoxy) is 7. The number of carbonyl (C=O) groups excluding carboxylic acids is 1. The topological polar surface area (TPSA) is 93.7 Å². The van der Waals surface area contributed by atoms with Crippen LogP contribution in [-0.4, -0.2) is 62.2 Å². The Kier molecular flexibility index (Phi) is 9.13. The third kappa shape index (κ3) is 4.90. The Bertz CT molecular complexity index is 964. The van der Waals surface area contributed by atoms with Crippen molar-refractivity contribution in [2.75, 3.05) is 56.3 Å². The van der Waals surface area contributed by atoms with E-state index in [1.165, 1.54) is 35.5 Å². The molecule has 2 aromatic carbocycles. The number of methoxy groups -OCH3 is 7. The molecule has 32 heavy (non-hydrogen) atoms. The number of halogens is 1. The highest BCUT2D eigenvalue weighted by Gasteiger charge is 2.25. The van der Waals surface area contributed by atoms with Crippen LogP contribution in [0.1, 0.15) is 15.9 Å². The van der Waals surface area contributed by atoms with Gasteiger partial charge in [-0.2, -0.15) is 0 Å². The van der Waals surface area contributed by atoms with Gasteiger partial charge >= 0.3 is 0 Å². The van der Waals surface area contributed by atoms with Crippen molar-refractivity contribution >= 4 is 21.8 Å². The molecule has 0 spiro atoms. The second-order valence-electron chi connectivity index (χ2n) is 6.34. The summed E-state index contributed by atoms with van der Waals surface area (Å²) in [6.07, 6.45) is 0.461. The van der Waals surface area contributed by atoms with Crippen molar-refractivity contribution in [3.63, 3.8) is 0 Å². The molecule has 9 nitrogen and oxygen atoms in total. The molecule has 0 aliphatic heterocycles. The average Bonchev–Trinajstić information content (AvgIpc) is 2.82. The van der Waals surface area contributed by atoms with Crippen LogP contribution in [0.5, 0.6) is 40.2 Å². The van der Waals surface area contributed by atoms with E-state index in [4.69, 9.17) is 33.2 Å². The molecule has 0 aliphatic rings. The molecule has 10 heteroatoms. The van der Waals surface area contributed by atoms with Crippen LogP contribution in [-0.2, 0) is 6.42 Å². The van der Waals surface area contributed by atoms with Gasteiger partial charge in [-0.1, -0.05) is 15.9 Å². The maximum absolute atomic E-state index is 13.0. The third-order valence-corrected chi connectivity index (χ3v) is 5.48. The summed E-state index contributed by atoms with van der Waals surface area (Å²) in [5, 5.41) is 2.89. The van der Waals surface area contributed by atoms with Crippen LogP contribution in [0.25, 0.3) is 0 Å². The number of hydrogen-bond donors (Lipinski definition) is 1. The number of benzene rings is 2. The zero-order valence-electron chi connectivity index (χ0n) is 19.2. The van der Waals surface area contributed by atoms with E-state index in [9.17, 15) is 4.79 Å². The Morgan fingerprint density at radius 3 is 1.72 bits per heavy atom. The first kappa shape index (κ1) is 25.3. The van der Waals surface area contributed by atoms with Gasteiger partial charge in [0.25, 0.3) is 5.91 Å². The molecule has 0 aliphatic carbocycles. The van der Waals surface area contributed by atoms with Crippen LogP contribution in [0.4, 0.5) is 0 Å². The minimum atomic E-state index is -0.364. The Labute approximate surface area is 196 Å². The van der Waals surface area contributed by atoms with E-state index < -0.39 is 0 Å². The van der Waals surface area contributed by atoms with E-state index in [1.807, 2.05) is 0 Å². The Hall–Kier alpha value is -3.01. The van der Waals surface area contributed by atoms with Crippen LogP contribution in [0.3, 0.4) is 0 Å². The summed E-state index contributed by atoms with van der Waals surface area (Å²) in [4.78, 5) is 13.0. The van der Waals surface area contributed by atoms with Crippen LogP contribution >= 0.6 is 15.9 Å². The minimum Gasteiger partial charge on any atom is -0.493 e. The molecule has 1 amide bonds. The average molecular weight is 514 g/mol. The van der Waals surface area contributed by atoms with Gasteiger partial charge in [0.05, 0.1) is 55.3 Å². The summed E-state index contributed by atoms with van der Waals surface area (Å²) < 4.78 is 38.6. The highest BCUT2D eigenvalue weighted by molar-refractivity contribution is 9.10. The second-order valence-corrected chi connectivity index (χ2v) is 7.19. The Balaban J connectivity index is 2.31. The molecular formula is C22H28BrNO8. The Morgan fingerprint density at radius 2 is 1.22 bits per heavy atom. The molecule has 2 rings (SSSR count). The van der Waals surface area contributed by atoms with Gasteiger partial charge in [0.2, 0.25) is 17.2 Å².